The fourth-order valence-corrected chi connectivity index (χ4v) is 3.19. The Balaban J connectivity index is 2.06. The summed E-state index contributed by atoms with van der Waals surface area (Å²) in [5.41, 5.74) is 0.946. The van der Waals surface area contributed by atoms with Gasteiger partial charge in [0.15, 0.2) is 9.84 Å². The molecule has 0 aromatic heterocycles. The second-order valence-corrected chi connectivity index (χ2v) is 7.12. The molecule has 0 amide bonds. The van der Waals surface area contributed by atoms with Crippen molar-refractivity contribution in [1.82, 2.24) is 0 Å². The molecule has 0 aliphatic heterocycles. The molecular weight excluding hydrogens is 262 g/mol. The number of anilines is 1. The minimum atomic E-state index is -3.12. The summed E-state index contributed by atoms with van der Waals surface area (Å²) in [5, 5.41) is 3.44. The van der Waals surface area contributed by atoms with Crippen LogP contribution in [0, 0.1) is 0 Å². The summed E-state index contributed by atoms with van der Waals surface area (Å²) in [6.45, 7) is 0. The van der Waals surface area contributed by atoms with E-state index in [1.54, 1.807) is 19.2 Å². The van der Waals surface area contributed by atoms with Gasteiger partial charge in [0.2, 0.25) is 0 Å². The van der Waals surface area contributed by atoms with E-state index in [1.165, 1.54) is 19.1 Å². The van der Waals surface area contributed by atoms with E-state index in [-0.39, 0.29) is 6.10 Å². The van der Waals surface area contributed by atoms with Crippen molar-refractivity contribution in [2.75, 3.05) is 18.7 Å². The van der Waals surface area contributed by atoms with Crippen LogP contribution < -0.4 is 5.32 Å². The Bertz CT molecular complexity index is 510. The van der Waals surface area contributed by atoms with Gasteiger partial charge in [0.05, 0.1) is 17.0 Å². The maximum atomic E-state index is 11.4. The first-order valence-electron chi connectivity index (χ1n) is 6.60. The van der Waals surface area contributed by atoms with Gasteiger partial charge in [0.25, 0.3) is 0 Å². The summed E-state index contributed by atoms with van der Waals surface area (Å²) in [4.78, 5) is 0.352. The Hall–Kier alpha value is -1.07. The van der Waals surface area contributed by atoms with Crippen LogP contribution in [0.25, 0.3) is 0 Å². The summed E-state index contributed by atoms with van der Waals surface area (Å²) >= 11 is 0. The van der Waals surface area contributed by atoms with Gasteiger partial charge in [-0.2, -0.15) is 0 Å². The molecular formula is C14H21NO3S. The molecule has 1 aromatic rings. The molecule has 1 N–H and O–H groups in total. The smallest absolute Gasteiger partial charge is 0.175 e. The second-order valence-electron chi connectivity index (χ2n) is 5.11. The van der Waals surface area contributed by atoms with Crippen LogP contribution in [-0.2, 0) is 14.6 Å². The summed E-state index contributed by atoms with van der Waals surface area (Å²) in [7, 11) is -1.37. The van der Waals surface area contributed by atoms with Crippen LogP contribution in [0.15, 0.2) is 29.2 Å². The van der Waals surface area contributed by atoms with Crippen molar-refractivity contribution in [3.8, 4) is 0 Å². The molecule has 19 heavy (non-hydrogen) atoms. The van der Waals surface area contributed by atoms with E-state index < -0.39 is 9.84 Å². The predicted molar refractivity (Wildman–Crippen MR) is 76.2 cm³/mol. The molecule has 1 aliphatic carbocycles. The van der Waals surface area contributed by atoms with Crippen molar-refractivity contribution in [3.63, 3.8) is 0 Å². The van der Waals surface area contributed by atoms with Crippen LogP contribution >= 0.6 is 0 Å². The Morgan fingerprint density at radius 3 is 2.37 bits per heavy atom. The lowest BCUT2D eigenvalue weighted by Gasteiger charge is -2.31. The second kappa shape index (κ2) is 5.92. The van der Waals surface area contributed by atoms with Crippen molar-refractivity contribution < 1.29 is 13.2 Å². The maximum absolute atomic E-state index is 11.4. The number of methoxy groups -OCH3 is 1. The number of ether oxygens (including phenoxy) is 1. The van der Waals surface area contributed by atoms with Gasteiger partial charge in [-0.05, 0) is 37.1 Å². The average Bonchev–Trinajstić information content (AvgIpc) is 2.39. The first-order valence-corrected chi connectivity index (χ1v) is 8.49. The normalized spacial score (nSPS) is 24.1. The maximum Gasteiger partial charge on any atom is 0.175 e. The highest BCUT2D eigenvalue weighted by Crippen LogP contribution is 2.24. The van der Waals surface area contributed by atoms with Crippen LogP contribution in [0.5, 0.6) is 0 Å². The average molecular weight is 283 g/mol. The number of hydrogen-bond donors (Lipinski definition) is 1. The van der Waals surface area contributed by atoms with Crippen LogP contribution in [0.3, 0.4) is 0 Å². The zero-order chi connectivity index (χ0) is 13.9. The lowest BCUT2D eigenvalue weighted by atomic mass is 9.92. The molecule has 0 spiro atoms. The number of nitrogens with one attached hydrogen (secondary N) is 1. The molecule has 0 heterocycles. The van der Waals surface area contributed by atoms with Crippen molar-refractivity contribution in [1.29, 1.82) is 0 Å². The standard InChI is InChI=1S/C14H21NO3S/c1-18-14-6-4-3-5-13(14)15-11-7-9-12(10-8-11)19(2,16)17/h7-10,13-15H,3-6H2,1-2H3. The van der Waals surface area contributed by atoms with Crippen molar-refractivity contribution in [3.05, 3.63) is 24.3 Å². The third-order valence-corrected chi connectivity index (χ3v) is 4.77. The molecule has 0 saturated heterocycles. The van der Waals surface area contributed by atoms with Gasteiger partial charge < -0.3 is 10.1 Å². The van der Waals surface area contributed by atoms with E-state index in [0.29, 0.717) is 10.9 Å². The largest absolute Gasteiger partial charge is 0.380 e. The molecule has 0 bridgehead atoms. The van der Waals surface area contributed by atoms with Gasteiger partial charge in [-0.1, -0.05) is 12.8 Å². The van der Waals surface area contributed by atoms with Crippen LogP contribution in [-0.4, -0.2) is 33.9 Å². The van der Waals surface area contributed by atoms with Crippen LogP contribution in [0.1, 0.15) is 25.7 Å². The van der Waals surface area contributed by atoms with Crippen LogP contribution in [0.4, 0.5) is 5.69 Å². The third kappa shape index (κ3) is 3.70. The minimum absolute atomic E-state index is 0.239. The van der Waals surface area contributed by atoms with E-state index in [0.717, 1.165) is 18.5 Å². The highest BCUT2D eigenvalue weighted by Gasteiger charge is 2.24. The van der Waals surface area contributed by atoms with Gasteiger partial charge in [-0.25, -0.2) is 8.42 Å². The van der Waals surface area contributed by atoms with E-state index in [1.807, 2.05) is 12.1 Å². The fourth-order valence-electron chi connectivity index (χ4n) is 2.56. The molecule has 0 radical (unpaired) electrons. The fraction of sp³-hybridized carbons (Fsp3) is 0.571. The van der Waals surface area contributed by atoms with Gasteiger partial charge in [-0.3, -0.25) is 0 Å². The highest BCUT2D eigenvalue weighted by atomic mass is 32.2. The lowest BCUT2D eigenvalue weighted by molar-refractivity contribution is 0.0606. The minimum Gasteiger partial charge on any atom is -0.380 e. The van der Waals surface area contributed by atoms with E-state index in [2.05, 4.69) is 5.32 Å². The Labute approximate surface area is 115 Å². The van der Waals surface area contributed by atoms with Crippen molar-refractivity contribution >= 4 is 15.5 Å². The van der Waals surface area contributed by atoms with Crippen LogP contribution in [0.2, 0.25) is 0 Å². The lowest BCUT2D eigenvalue weighted by Crippen LogP contribution is -2.37. The summed E-state index contributed by atoms with van der Waals surface area (Å²) in [6.07, 6.45) is 6.05. The highest BCUT2D eigenvalue weighted by molar-refractivity contribution is 7.90. The molecule has 106 valence electrons. The molecule has 4 nitrogen and oxygen atoms in total. The Morgan fingerprint density at radius 1 is 1.16 bits per heavy atom. The monoisotopic (exact) mass is 283 g/mol. The quantitative estimate of drug-likeness (QED) is 0.922. The number of hydrogen-bond acceptors (Lipinski definition) is 4. The zero-order valence-corrected chi connectivity index (χ0v) is 12.2. The summed E-state index contributed by atoms with van der Waals surface area (Å²) < 4.78 is 28.3. The Kier molecular flexibility index (Phi) is 4.47. The topological polar surface area (TPSA) is 55.4 Å². The van der Waals surface area contributed by atoms with E-state index in [9.17, 15) is 8.42 Å². The van der Waals surface area contributed by atoms with Gasteiger partial charge in [0, 0.05) is 19.1 Å². The third-order valence-electron chi connectivity index (χ3n) is 3.64. The molecule has 1 aromatic carbocycles. The molecule has 2 unspecified atom stereocenters. The number of rotatable bonds is 4. The molecule has 1 fully saturated rings. The molecule has 1 aliphatic rings. The van der Waals surface area contributed by atoms with Crippen molar-refractivity contribution in [2.24, 2.45) is 0 Å². The summed E-state index contributed by atoms with van der Waals surface area (Å²) in [6, 6.07) is 7.22. The SMILES string of the molecule is COC1CCCCC1Nc1ccc(S(C)(=O)=O)cc1. The molecule has 5 heteroatoms. The molecule has 2 rings (SSSR count). The van der Waals surface area contributed by atoms with Gasteiger partial charge >= 0.3 is 0 Å². The Morgan fingerprint density at radius 2 is 1.79 bits per heavy atom. The van der Waals surface area contributed by atoms with E-state index in [4.69, 9.17) is 4.74 Å². The zero-order valence-electron chi connectivity index (χ0n) is 11.4. The predicted octanol–water partition coefficient (Wildman–Crippen LogP) is 2.46. The van der Waals surface area contributed by atoms with Crippen molar-refractivity contribution in [2.45, 2.75) is 42.7 Å². The first kappa shape index (κ1) is 14.3. The van der Waals surface area contributed by atoms with Gasteiger partial charge in [-0.15, -0.1) is 0 Å². The molecule has 2 atom stereocenters. The number of benzene rings is 1. The number of sulfone groups is 1. The summed E-state index contributed by atoms with van der Waals surface area (Å²) in [5.74, 6) is 0. The first-order chi connectivity index (χ1) is 9.00. The van der Waals surface area contributed by atoms with E-state index >= 15 is 0 Å². The van der Waals surface area contributed by atoms with Gasteiger partial charge in [0.1, 0.15) is 0 Å². The molecule has 1 saturated carbocycles.